The van der Waals surface area contributed by atoms with Crippen LogP contribution in [0.3, 0.4) is 0 Å². The van der Waals surface area contributed by atoms with Gasteiger partial charge in [0.05, 0.1) is 12.6 Å². The summed E-state index contributed by atoms with van der Waals surface area (Å²) in [4.78, 5) is 18.8. The van der Waals surface area contributed by atoms with Crippen molar-refractivity contribution in [3.63, 3.8) is 0 Å². The molecule has 0 bridgehead atoms. The lowest BCUT2D eigenvalue weighted by atomic mass is 10.2. The fourth-order valence-electron chi connectivity index (χ4n) is 1.62. The van der Waals surface area contributed by atoms with Crippen molar-refractivity contribution >= 4 is 5.91 Å². The molecule has 3 N–H and O–H groups in total. The summed E-state index contributed by atoms with van der Waals surface area (Å²) in [5.41, 5.74) is 0. The van der Waals surface area contributed by atoms with Crippen LogP contribution in [-0.4, -0.2) is 41.7 Å². The minimum absolute atomic E-state index is 0.101. The maximum atomic E-state index is 11.8. The van der Waals surface area contributed by atoms with Crippen LogP contribution in [0.4, 0.5) is 0 Å². The summed E-state index contributed by atoms with van der Waals surface area (Å²) in [5, 5.41) is 5.97. The van der Waals surface area contributed by atoms with Gasteiger partial charge in [-0.1, -0.05) is 0 Å². The van der Waals surface area contributed by atoms with Gasteiger partial charge in [0.1, 0.15) is 11.9 Å². The molecule has 2 rings (SSSR count). The predicted octanol–water partition coefficient (Wildman–Crippen LogP) is -0.425. The van der Waals surface area contributed by atoms with Crippen LogP contribution in [0.25, 0.3) is 0 Å². The quantitative estimate of drug-likeness (QED) is 0.651. The fourth-order valence-corrected chi connectivity index (χ4v) is 1.62. The number of carbonyl (C=O) groups excluding carboxylic acids is 1. The van der Waals surface area contributed by atoms with E-state index in [2.05, 4.69) is 20.6 Å². The Labute approximate surface area is 93.8 Å². The molecule has 1 aromatic heterocycles. The van der Waals surface area contributed by atoms with Crippen LogP contribution in [0.15, 0.2) is 12.4 Å². The van der Waals surface area contributed by atoms with E-state index >= 15 is 0 Å². The first-order chi connectivity index (χ1) is 7.77. The third kappa shape index (κ3) is 2.59. The zero-order valence-corrected chi connectivity index (χ0v) is 9.19. The Balaban J connectivity index is 1.86. The van der Waals surface area contributed by atoms with Gasteiger partial charge in [0.15, 0.2) is 0 Å². The van der Waals surface area contributed by atoms with Crippen molar-refractivity contribution in [2.45, 2.75) is 19.1 Å². The zero-order chi connectivity index (χ0) is 11.4. The monoisotopic (exact) mass is 224 g/mol. The first-order valence-electron chi connectivity index (χ1n) is 5.39. The van der Waals surface area contributed by atoms with Crippen molar-refractivity contribution in [2.24, 2.45) is 0 Å². The predicted molar refractivity (Wildman–Crippen MR) is 57.8 cm³/mol. The van der Waals surface area contributed by atoms with Gasteiger partial charge in [0, 0.05) is 25.5 Å². The van der Waals surface area contributed by atoms with Crippen molar-refractivity contribution in [2.75, 3.05) is 19.7 Å². The number of hydrogen-bond acceptors (Lipinski definition) is 4. The van der Waals surface area contributed by atoms with Gasteiger partial charge in [0.2, 0.25) is 0 Å². The summed E-state index contributed by atoms with van der Waals surface area (Å²) in [6, 6.07) is -0.131. The highest BCUT2D eigenvalue weighted by Crippen LogP contribution is 2.06. The average molecular weight is 224 g/mol. The van der Waals surface area contributed by atoms with Gasteiger partial charge in [-0.2, -0.15) is 0 Å². The summed E-state index contributed by atoms with van der Waals surface area (Å²) < 4.78 is 5.35. The number of carbonyl (C=O) groups is 1. The van der Waals surface area contributed by atoms with Gasteiger partial charge in [-0.05, 0) is 6.92 Å². The Morgan fingerprint density at radius 2 is 2.62 bits per heavy atom. The molecule has 6 heteroatoms. The molecule has 1 amide bonds. The molecule has 2 atom stereocenters. The number of aromatic nitrogens is 2. The van der Waals surface area contributed by atoms with E-state index in [-0.39, 0.29) is 11.9 Å². The van der Waals surface area contributed by atoms with Crippen LogP contribution < -0.4 is 10.6 Å². The molecule has 1 aromatic rings. The van der Waals surface area contributed by atoms with Crippen molar-refractivity contribution < 1.29 is 9.53 Å². The van der Waals surface area contributed by atoms with Crippen LogP contribution in [0, 0.1) is 0 Å². The summed E-state index contributed by atoms with van der Waals surface area (Å²) in [6.07, 6.45) is 3.00. The second-order valence-electron chi connectivity index (χ2n) is 3.77. The molecular formula is C10H16N4O2. The van der Waals surface area contributed by atoms with Crippen LogP contribution >= 0.6 is 0 Å². The number of ether oxygens (including phenoxy) is 1. The Bertz CT molecular complexity index is 333. The molecular weight excluding hydrogens is 208 g/mol. The van der Waals surface area contributed by atoms with Gasteiger partial charge < -0.3 is 20.4 Å². The van der Waals surface area contributed by atoms with Crippen molar-refractivity contribution in [3.05, 3.63) is 18.2 Å². The molecule has 0 radical (unpaired) electrons. The molecule has 88 valence electrons. The second-order valence-corrected chi connectivity index (χ2v) is 3.77. The topological polar surface area (TPSA) is 79.0 Å². The molecule has 6 nitrogen and oxygen atoms in total. The summed E-state index contributed by atoms with van der Waals surface area (Å²) in [6.45, 7) is 3.83. The molecule has 1 aliphatic heterocycles. The lowest BCUT2D eigenvalue weighted by Gasteiger charge is -2.24. The lowest BCUT2D eigenvalue weighted by Crippen LogP contribution is -2.48. The SMILES string of the molecule is CC(NC(=O)C1CNCCO1)c1ncc[nH]1. The molecule has 0 saturated carbocycles. The van der Waals surface area contributed by atoms with E-state index in [0.29, 0.717) is 13.2 Å². The van der Waals surface area contributed by atoms with Gasteiger partial charge in [-0.3, -0.25) is 4.79 Å². The van der Waals surface area contributed by atoms with Gasteiger partial charge >= 0.3 is 0 Å². The van der Waals surface area contributed by atoms with E-state index in [1.165, 1.54) is 0 Å². The highest BCUT2D eigenvalue weighted by Gasteiger charge is 2.23. The first-order valence-corrected chi connectivity index (χ1v) is 5.39. The molecule has 16 heavy (non-hydrogen) atoms. The molecule has 2 unspecified atom stereocenters. The van der Waals surface area contributed by atoms with E-state index in [4.69, 9.17) is 4.74 Å². The van der Waals surface area contributed by atoms with Crippen molar-refractivity contribution in [1.29, 1.82) is 0 Å². The summed E-state index contributed by atoms with van der Waals surface area (Å²) in [7, 11) is 0. The van der Waals surface area contributed by atoms with E-state index in [1.807, 2.05) is 6.92 Å². The molecule has 0 spiro atoms. The standard InChI is InChI=1S/C10H16N4O2/c1-7(9-12-2-3-13-9)14-10(15)8-6-11-4-5-16-8/h2-3,7-8,11H,4-6H2,1H3,(H,12,13)(H,14,15). The van der Waals surface area contributed by atoms with Crippen LogP contribution in [0.2, 0.25) is 0 Å². The van der Waals surface area contributed by atoms with E-state index in [9.17, 15) is 4.79 Å². The Morgan fingerprint density at radius 1 is 1.75 bits per heavy atom. The number of rotatable bonds is 3. The normalized spacial score (nSPS) is 22.7. The summed E-state index contributed by atoms with van der Waals surface area (Å²) in [5.74, 6) is 0.646. The average Bonchev–Trinajstić information content (AvgIpc) is 2.83. The third-order valence-electron chi connectivity index (χ3n) is 2.51. The number of nitrogens with one attached hydrogen (secondary N) is 3. The second kappa shape index (κ2) is 5.09. The van der Waals surface area contributed by atoms with E-state index in [0.717, 1.165) is 12.4 Å². The van der Waals surface area contributed by atoms with Crippen molar-refractivity contribution in [3.8, 4) is 0 Å². The van der Waals surface area contributed by atoms with Crippen LogP contribution in [0.1, 0.15) is 18.8 Å². The number of aromatic amines is 1. The third-order valence-corrected chi connectivity index (χ3v) is 2.51. The van der Waals surface area contributed by atoms with Crippen molar-refractivity contribution in [1.82, 2.24) is 20.6 Å². The number of hydrogen-bond donors (Lipinski definition) is 3. The number of imidazole rings is 1. The molecule has 1 aliphatic rings. The number of amides is 1. The molecule has 1 fully saturated rings. The highest BCUT2D eigenvalue weighted by molar-refractivity contribution is 5.81. The number of H-pyrrole nitrogens is 1. The zero-order valence-electron chi connectivity index (χ0n) is 9.19. The van der Waals surface area contributed by atoms with E-state index in [1.54, 1.807) is 12.4 Å². The van der Waals surface area contributed by atoms with Crippen LogP contribution in [0.5, 0.6) is 0 Å². The largest absolute Gasteiger partial charge is 0.366 e. The minimum Gasteiger partial charge on any atom is -0.366 e. The molecule has 1 saturated heterocycles. The maximum absolute atomic E-state index is 11.8. The number of morpholine rings is 1. The summed E-state index contributed by atoms with van der Waals surface area (Å²) >= 11 is 0. The Hall–Kier alpha value is -1.40. The lowest BCUT2D eigenvalue weighted by molar-refractivity contribution is -0.134. The Morgan fingerprint density at radius 3 is 3.25 bits per heavy atom. The molecule has 0 aromatic carbocycles. The molecule has 0 aliphatic carbocycles. The Kier molecular flexibility index (Phi) is 3.53. The van der Waals surface area contributed by atoms with Gasteiger partial charge in [0.25, 0.3) is 5.91 Å². The number of nitrogens with zero attached hydrogens (tertiary/aromatic N) is 1. The highest BCUT2D eigenvalue weighted by atomic mass is 16.5. The van der Waals surface area contributed by atoms with Gasteiger partial charge in [-0.15, -0.1) is 0 Å². The fraction of sp³-hybridized carbons (Fsp3) is 0.600. The first kappa shape index (κ1) is 11.1. The van der Waals surface area contributed by atoms with E-state index < -0.39 is 6.10 Å². The van der Waals surface area contributed by atoms with Gasteiger partial charge in [-0.25, -0.2) is 4.98 Å². The maximum Gasteiger partial charge on any atom is 0.251 e. The van der Waals surface area contributed by atoms with Crippen LogP contribution in [-0.2, 0) is 9.53 Å². The smallest absolute Gasteiger partial charge is 0.251 e. The molecule has 2 heterocycles. The minimum atomic E-state index is -0.397.